The van der Waals surface area contributed by atoms with E-state index < -0.39 is 5.60 Å². The van der Waals surface area contributed by atoms with Gasteiger partial charge in [0.05, 0.1) is 7.11 Å². The highest BCUT2D eigenvalue weighted by Crippen LogP contribution is 2.43. The molecule has 0 radical (unpaired) electrons. The molecule has 1 aromatic carbocycles. The van der Waals surface area contributed by atoms with Gasteiger partial charge in [0.25, 0.3) is 0 Å². The van der Waals surface area contributed by atoms with Crippen LogP contribution in [0.25, 0.3) is 0 Å². The summed E-state index contributed by atoms with van der Waals surface area (Å²) in [6.45, 7) is 5.79. The monoisotopic (exact) mass is 349 g/mol. The largest absolute Gasteiger partial charge is 0.497 e. The van der Waals surface area contributed by atoms with E-state index in [4.69, 9.17) is 9.47 Å². The average Bonchev–Trinajstić information content (AvgIpc) is 2.78. The molecule has 4 nitrogen and oxygen atoms in total. The molecule has 1 amide bonds. The lowest BCUT2D eigenvalue weighted by Crippen LogP contribution is -2.49. The van der Waals surface area contributed by atoms with Crippen LogP contribution in [-0.2, 0) is 4.74 Å². The molecule has 5 heteroatoms. The van der Waals surface area contributed by atoms with Gasteiger partial charge in [-0.1, -0.05) is 0 Å². The molecular formula is C19H27NO3S. The van der Waals surface area contributed by atoms with Gasteiger partial charge in [0.2, 0.25) is 0 Å². The number of ether oxygens (including phenoxy) is 2. The van der Waals surface area contributed by atoms with Crippen LogP contribution in [0, 0.1) is 0 Å². The van der Waals surface area contributed by atoms with Crippen LogP contribution in [0.5, 0.6) is 5.75 Å². The Morgan fingerprint density at radius 2 is 1.71 bits per heavy atom. The van der Waals surface area contributed by atoms with E-state index in [0.29, 0.717) is 17.3 Å². The number of carbonyl (C=O) groups is 1. The Balaban J connectivity index is 1.61. The van der Waals surface area contributed by atoms with E-state index >= 15 is 0 Å². The standard InChI is InChI=1S/C19H27NO3S/c1-19(2,3)23-18(21)20-13-5-6-14(20)12-17(11-13)24-16-9-7-15(22-4)8-10-16/h7-10,13-14,17H,5-6,11-12H2,1-4H3/t13-,14+,17?. The van der Waals surface area contributed by atoms with Crippen molar-refractivity contribution in [2.24, 2.45) is 0 Å². The molecule has 2 fully saturated rings. The third-order valence-electron chi connectivity index (χ3n) is 4.66. The molecule has 132 valence electrons. The lowest BCUT2D eigenvalue weighted by atomic mass is 10.0. The van der Waals surface area contributed by atoms with Crippen molar-refractivity contribution in [2.45, 2.75) is 74.3 Å². The van der Waals surface area contributed by atoms with E-state index in [1.807, 2.05) is 49.6 Å². The minimum absolute atomic E-state index is 0.136. The predicted octanol–water partition coefficient (Wildman–Crippen LogP) is 4.72. The second-order valence-corrected chi connectivity index (χ2v) is 9.03. The quantitative estimate of drug-likeness (QED) is 0.791. The Hall–Kier alpha value is -1.36. The van der Waals surface area contributed by atoms with Crippen molar-refractivity contribution in [2.75, 3.05) is 7.11 Å². The Morgan fingerprint density at radius 1 is 1.12 bits per heavy atom. The maximum Gasteiger partial charge on any atom is 0.410 e. The Labute approximate surface area is 148 Å². The molecule has 24 heavy (non-hydrogen) atoms. The van der Waals surface area contributed by atoms with Crippen LogP contribution >= 0.6 is 11.8 Å². The summed E-state index contributed by atoms with van der Waals surface area (Å²) in [5.41, 5.74) is -0.425. The maximum atomic E-state index is 12.5. The van der Waals surface area contributed by atoms with Gasteiger partial charge in [-0.25, -0.2) is 4.79 Å². The minimum atomic E-state index is -0.425. The number of rotatable bonds is 3. The molecule has 0 aliphatic carbocycles. The van der Waals surface area contributed by atoms with Crippen molar-refractivity contribution in [3.05, 3.63) is 24.3 Å². The van der Waals surface area contributed by atoms with Crippen molar-refractivity contribution in [1.29, 1.82) is 0 Å². The van der Waals surface area contributed by atoms with Crippen molar-refractivity contribution in [3.63, 3.8) is 0 Å². The van der Waals surface area contributed by atoms with Crippen LogP contribution in [0.4, 0.5) is 4.79 Å². The SMILES string of the molecule is COc1ccc(SC2C[C@H]3CC[C@@H](C2)N3C(=O)OC(C)(C)C)cc1. The molecule has 2 saturated heterocycles. The first-order valence-electron chi connectivity index (χ1n) is 8.68. The number of hydrogen-bond donors (Lipinski definition) is 0. The van der Waals surface area contributed by atoms with E-state index in [1.165, 1.54) is 4.90 Å². The third-order valence-corrected chi connectivity index (χ3v) is 5.92. The molecule has 3 atom stereocenters. The first kappa shape index (κ1) is 17.5. The lowest BCUT2D eigenvalue weighted by Gasteiger charge is -2.39. The van der Waals surface area contributed by atoms with Gasteiger partial charge in [0, 0.05) is 22.2 Å². The summed E-state index contributed by atoms with van der Waals surface area (Å²) in [6, 6.07) is 8.90. The fourth-order valence-electron chi connectivity index (χ4n) is 3.68. The number of carbonyl (C=O) groups excluding carboxylic acids is 1. The van der Waals surface area contributed by atoms with Gasteiger partial charge in [-0.05, 0) is 70.7 Å². The van der Waals surface area contributed by atoms with Crippen LogP contribution in [0.3, 0.4) is 0 Å². The zero-order valence-electron chi connectivity index (χ0n) is 15.0. The molecule has 2 aliphatic heterocycles. The van der Waals surface area contributed by atoms with Crippen molar-refractivity contribution in [3.8, 4) is 5.75 Å². The Bertz CT molecular complexity index is 567. The van der Waals surface area contributed by atoms with Crippen LogP contribution in [0.15, 0.2) is 29.2 Å². The van der Waals surface area contributed by atoms with Gasteiger partial charge in [0.1, 0.15) is 11.4 Å². The normalized spacial score (nSPS) is 26.3. The number of benzene rings is 1. The minimum Gasteiger partial charge on any atom is -0.497 e. The molecule has 1 unspecified atom stereocenters. The van der Waals surface area contributed by atoms with Crippen molar-refractivity contribution >= 4 is 17.9 Å². The second-order valence-electron chi connectivity index (χ2n) is 7.66. The van der Waals surface area contributed by atoms with Gasteiger partial charge < -0.3 is 14.4 Å². The first-order valence-corrected chi connectivity index (χ1v) is 9.56. The summed E-state index contributed by atoms with van der Waals surface area (Å²) in [5.74, 6) is 0.888. The molecule has 0 aromatic heterocycles. The zero-order chi connectivity index (χ0) is 17.3. The van der Waals surface area contributed by atoms with E-state index in [1.54, 1.807) is 7.11 Å². The second kappa shape index (κ2) is 6.87. The molecule has 2 heterocycles. The number of amides is 1. The first-order chi connectivity index (χ1) is 11.4. The van der Waals surface area contributed by atoms with Crippen molar-refractivity contribution in [1.82, 2.24) is 4.90 Å². The summed E-state index contributed by atoms with van der Waals surface area (Å²) in [6.07, 6.45) is 4.16. The Kier molecular flexibility index (Phi) is 5.00. The summed E-state index contributed by atoms with van der Waals surface area (Å²) in [7, 11) is 1.69. The zero-order valence-corrected chi connectivity index (χ0v) is 15.8. The molecule has 3 rings (SSSR count). The number of thioether (sulfide) groups is 1. The number of piperidine rings is 1. The van der Waals surface area contributed by atoms with Crippen LogP contribution in [0.1, 0.15) is 46.5 Å². The molecule has 2 aliphatic rings. The summed E-state index contributed by atoms with van der Waals surface area (Å²) in [4.78, 5) is 15.8. The smallest absolute Gasteiger partial charge is 0.410 e. The topological polar surface area (TPSA) is 38.8 Å². The fraction of sp³-hybridized carbons (Fsp3) is 0.632. The van der Waals surface area contributed by atoms with Crippen LogP contribution in [0.2, 0.25) is 0 Å². The summed E-state index contributed by atoms with van der Waals surface area (Å²) < 4.78 is 10.8. The average molecular weight is 349 g/mol. The molecule has 0 spiro atoms. The molecular weight excluding hydrogens is 322 g/mol. The predicted molar refractivity (Wildman–Crippen MR) is 96.8 cm³/mol. The van der Waals surface area contributed by atoms with E-state index in [2.05, 4.69) is 12.1 Å². The number of fused-ring (bicyclic) bond motifs is 2. The third kappa shape index (κ3) is 4.00. The lowest BCUT2D eigenvalue weighted by molar-refractivity contribution is 0.00842. The maximum absolute atomic E-state index is 12.5. The summed E-state index contributed by atoms with van der Waals surface area (Å²) in [5, 5.41) is 0.564. The highest BCUT2D eigenvalue weighted by molar-refractivity contribution is 8.00. The molecule has 0 saturated carbocycles. The van der Waals surface area contributed by atoms with E-state index in [-0.39, 0.29) is 6.09 Å². The van der Waals surface area contributed by atoms with E-state index in [0.717, 1.165) is 31.4 Å². The highest BCUT2D eigenvalue weighted by Gasteiger charge is 2.44. The van der Waals surface area contributed by atoms with Gasteiger partial charge >= 0.3 is 6.09 Å². The van der Waals surface area contributed by atoms with Gasteiger partial charge in [-0.3, -0.25) is 0 Å². The molecule has 0 N–H and O–H groups in total. The van der Waals surface area contributed by atoms with Gasteiger partial charge in [-0.2, -0.15) is 0 Å². The van der Waals surface area contributed by atoms with Crippen molar-refractivity contribution < 1.29 is 14.3 Å². The highest BCUT2D eigenvalue weighted by atomic mass is 32.2. The van der Waals surface area contributed by atoms with E-state index in [9.17, 15) is 4.79 Å². The Morgan fingerprint density at radius 3 is 2.21 bits per heavy atom. The molecule has 2 bridgehead atoms. The van der Waals surface area contributed by atoms with Gasteiger partial charge in [-0.15, -0.1) is 11.8 Å². The molecule has 1 aromatic rings. The number of hydrogen-bond acceptors (Lipinski definition) is 4. The number of nitrogens with zero attached hydrogens (tertiary/aromatic N) is 1. The fourth-order valence-corrected chi connectivity index (χ4v) is 5.00. The van der Waals surface area contributed by atoms with Crippen LogP contribution in [-0.4, -0.2) is 41.0 Å². The summed E-state index contributed by atoms with van der Waals surface area (Å²) >= 11 is 1.92. The number of methoxy groups -OCH3 is 1. The van der Waals surface area contributed by atoms with Crippen LogP contribution < -0.4 is 4.74 Å². The van der Waals surface area contributed by atoms with Gasteiger partial charge in [0.15, 0.2) is 0 Å².